The quantitative estimate of drug-likeness (QED) is 0.230. The van der Waals surface area contributed by atoms with Gasteiger partial charge in [0.15, 0.2) is 5.78 Å². The van der Waals surface area contributed by atoms with Crippen molar-refractivity contribution in [2.24, 2.45) is 23.7 Å². The van der Waals surface area contributed by atoms with Gasteiger partial charge in [-0.3, -0.25) is 14.4 Å². The molecule has 1 aromatic carbocycles. The number of carbonyl (C=O) groups excluding carboxylic acids is 3. The molecule has 34 heavy (non-hydrogen) atoms. The van der Waals surface area contributed by atoms with Crippen LogP contribution in [0.1, 0.15) is 66.4 Å². The van der Waals surface area contributed by atoms with Gasteiger partial charge < -0.3 is 9.84 Å². The van der Waals surface area contributed by atoms with E-state index in [0.717, 1.165) is 17.7 Å². The number of Topliss-reactive ketones (excluding diaryl/α,β-unsaturated/α-hetero) is 2. The standard InChI is InChI=1S/C24H42NO4P5/c1-7-16(5)21(17(6)26)14-23(27)22(25-24(28)20(8-2)15(3)4)13-18-9-11-19(12-10-18)29-33(30)34(31)32/h9-12,15-16,20-22H,7-8,13-14,30-32H2,1-6H3,(H,25,28)/t16?,20-,21-,22-,33?/m0/s1. The van der Waals surface area contributed by atoms with E-state index in [1.54, 1.807) is 6.92 Å². The SMILES string of the molecule is CCC(C)[C@H](CC(=O)[C@H](Cc1ccc(OP(P)P(P)P)cc1)NC(=O)[C@@H](CC)C(C)C)C(C)=O. The van der Waals surface area contributed by atoms with Gasteiger partial charge in [0.1, 0.15) is 19.1 Å². The average Bonchev–Trinajstić information content (AvgIpc) is 2.77. The number of ketones is 2. The Morgan fingerprint density at radius 3 is 2.00 bits per heavy atom. The van der Waals surface area contributed by atoms with Gasteiger partial charge in [-0.05, 0) is 49.3 Å². The van der Waals surface area contributed by atoms with Gasteiger partial charge in [0, 0.05) is 25.2 Å². The third-order valence-corrected chi connectivity index (χ3v) is 20.4. The van der Waals surface area contributed by atoms with E-state index in [-0.39, 0.29) is 54.6 Å². The Bertz CT molecular complexity index is 803. The molecule has 0 aromatic heterocycles. The zero-order valence-electron chi connectivity index (χ0n) is 21.3. The minimum atomic E-state index is -0.663. The van der Waals surface area contributed by atoms with Crippen molar-refractivity contribution in [3.8, 4) is 5.75 Å². The number of hydrogen-bond acceptors (Lipinski definition) is 4. The zero-order chi connectivity index (χ0) is 26.0. The molecule has 5 nitrogen and oxygen atoms in total. The van der Waals surface area contributed by atoms with Gasteiger partial charge in [-0.15, -0.1) is 0 Å². The van der Waals surface area contributed by atoms with Gasteiger partial charge >= 0.3 is 0 Å². The first-order chi connectivity index (χ1) is 15.9. The molecule has 0 spiro atoms. The van der Waals surface area contributed by atoms with Gasteiger partial charge in [0.05, 0.1) is 6.04 Å². The topological polar surface area (TPSA) is 72.5 Å². The van der Waals surface area contributed by atoms with Gasteiger partial charge in [-0.25, -0.2) is 0 Å². The molecule has 8 atom stereocenters. The first kappa shape index (κ1) is 32.0. The Morgan fingerprint density at radius 2 is 1.56 bits per heavy atom. The molecule has 0 radical (unpaired) electrons. The third-order valence-electron chi connectivity index (χ3n) is 6.35. The van der Waals surface area contributed by atoms with E-state index in [2.05, 4.69) is 32.1 Å². The van der Waals surface area contributed by atoms with Crippen LogP contribution in [0.4, 0.5) is 0 Å². The van der Waals surface area contributed by atoms with Crippen LogP contribution in [0.15, 0.2) is 24.3 Å². The molecular weight excluding hydrogens is 521 g/mol. The number of benzene rings is 1. The Labute approximate surface area is 215 Å². The molecule has 0 fully saturated rings. The first-order valence-electron chi connectivity index (χ1n) is 11.9. The fourth-order valence-corrected chi connectivity index (χ4v) is 6.16. The van der Waals surface area contributed by atoms with Gasteiger partial charge in [0.2, 0.25) is 5.91 Å². The second-order valence-electron chi connectivity index (χ2n) is 9.21. The van der Waals surface area contributed by atoms with E-state index >= 15 is 0 Å². The van der Waals surface area contributed by atoms with Crippen LogP contribution in [-0.2, 0) is 20.8 Å². The molecule has 0 aliphatic rings. The average molecular weight is 563 g/mol. The minimum absolute atomic E-state index is 0.0277. The smallest absolute Gasteiger partial charge is 0.223 e. The van der Waals surface area contributed by atoms with Crippen molar-refractivity contribution in [3.05, 3.63) is 29.8 Å². The summed E-state index contributed by atoms with van der Waals surface area (Å²) in [5.74, 6) is 0.457. The molecule has 0 saturated heterocycles. The van der Waals surface area contributed by atoms with E-state index in [1.807, 2.05) is 58.9 Å². The molecule has 0 heterocycles. The van der Waals surface area contributed by atoms with Crippen LogP contribution >= 0.6 is 41.3 Å². The molecule has 1 rings (SSSR count). The van der Waals surface area contributed by atoms with Crippen LogP contribution in [0, 0.1) is 23.7 Å². The fourth-order valence-electron chi connectivity index (χ4n) is 3.95. The molecule has 0 saturated carbocycles. The van der Waals surface area contributed by atoms with Crippen molar-refractivity contribution in [1.82, 2.24) is 5.32 Å². The number of carbonyl (C=O) groups is 3. The molecule has 0 bridgehead atoms. The number of hydrogen-bond donors (Lipinski definition) is 1. The Morgan fingerprint density at radius 1 is 0.971 bits per heavy atom. The van der Waals surface area contributed by atoms with E-state index in [0.29, 0.717) is 12.8 Å². The highest BCUT2D eigenvalue weighted by Crippen LogP contribution is 2.82. The summed E-state index contributed by atoms with van der Waals surface area (Å²) in [6.07, 6.45) is 2.08. The van der Waals surface area contributed by atoms with E-state index in [4.69, 9.17) is 4.52 Å². The van der Waals surface area contributed by atoms with Crippen molar-refractivity contribution in [1.29, 1.82) is 0 Å². The normalized spacial score (nSPS) is 16.0. The predicted octanol–water partition coefficient (Wildman–Crippen LogP) is 7.15. The molecule has 1 amide bonds. The monoisotopic (exact) mass is 563 g/mol. The predicted molar refractivity (Wildman–Crippen MR) is 158 cm³/mol. The summed E-state index contributed by atoms with van der Waals surface area (Å²) >= 11 is 0. The number of amides is 1. The van der Waals surface area contributed by atoms with Crippen LogP contribution in [0.5, 0.6) is 5.75 Å². The highest BCUT2D eigenvalue weighted by Gasteiger charge is 2.30. The van der Waals surface area contributed by atoms with Crippen LogP contribution < -0.4 is 9.84 Å². The largest absolute Gasteiger partial charge is 0.465 e. The van der Waals surface area contributed by atoms with Gasteiger partial charge in [0.25, 0.3) is 0 Å². The number of rotatable bonds is 15. The molecule has 0 aliphatic carbocycles. The van der Waals surface area contributed by atoms with Crippen LogP contribution in [0.25, 0.3) is 0 Å². The fraction of sp³-hybridized carbons (Fsp3) is 0.625. The lowest BCUT2D eigenvalue weighted by atomic mass is 9.82. The summed E-state index contributed by atoms with van der Waals surface area (Å²) in [5, 5.41) is 3.03. The molecule has 192 valence electrons. The minimum Gasteiger partial charge on any atom is -0.465 e. The van der Waals surface area contributed by atoms with Crippen LogP contribution in [0.2, 0.25) is 0 Å². The lowest BCUT2D eigenvalue weighted by Gasteiger charge is -2.26. The van der Waals surface area contributed by atoms with Crippen molar-refractivity contribution >= 4 is 58.8 Å². The van der Waals surface area contributed by atoms with Crippen molar-refractivity contribution in [3.63, 3.8) is 0 Å². The maximum Gasteiger partial charge on any atom is 0.223 e. The number of nitrogens with one attached hydrogen (secondary N) is 1. The molecule has 10 heteroatoms. The Kier molecular flexibility index (Phi) is 15.0. The Hall–Kier alpha value is -0.0200. The van der Waals surface area contributed by atoms with Crippen molar-refractivity contribution in [2.45, 2.75) is 73.3 Å². The first-order valence-corrected chi connectivity index (χ1v) is 20.0. The highest BCUT2D eigenvalue weighted by molar-refractivity contribution is 8.81. The molecule has 0 aliphatic heterocycles. The second kappa shape index (κ2) is 16.0. The Balaban J connectivity index is 3.10. The second-order valence-corrected chi connectivity index (χ2v) is 23.8. The summed E-state index contributed by atoms with van der Waals surface area (Å²) in [4.78, 5) is 38.7. The maximum absolute atomic E-state index is 13.4. The summed E-state index contributed by atoms with van der Waals surface area (Å²) in [6.45, 7) is 11.3. The summed E-state index contributed by atoms with van der Waals surface area (Å²) in [7, 11) is 7.68. The zero-order valence-corrected chi connectivity index (χ0v) is 26.5. The van der Waals surface area contributed by atoms with E-state index < -0.39 is 13.6 Å². The van der Waals surface area contributed by atoms with Gasteiger partial charge in [-0.2, -0.15) is 0 Å². The molecular formula is C24H42NO4P5. The van der Waals surface area contributed by atoms with E-state index in [9.17, 15) is 14.4 Å². The van der Waals surface area contributed by atoms with E-state index in [1.165, 1.54) is 0 Å². The van der Waals surface area contributed by atoms with Crippen molar-refractivity contribution in [2.75, 3.05) is 0 Å². The molecule has 1 N–H and O–H groups in total. The maximum atomic E-state index is 13.4. The highest BCUT2D eigenvalue weighted by atomic mass is 32.8. The molecule has 5 unspecified atom stereocenters. The van der Waals surface area contributed by atoms with Crippen molar-refractivity contribution < 1.29 is 18.9 Å². The summed E-state index contributed by atoms with van der Waals surface area (Å²) in [5.41, 5.74) is 0.943. The van der Waals surface area contributed by atoms with Gasteiger partial charge in [-0.1, -0.05) is 80.0 Å². The van der Waals surface area contributed by atoms with Crippen LogP contribution in [-0.4, -0.2) is 23.5 Å². The van der Waals surface area contributed by atoms with Crippen LogP contribution in [0.3, 0.4) is 0 Å². The lowest BCUT2D eigenvalue weighted by Crippen LogP contribution is -2.46. The molecule has 1 aromatic rings. The lowest BCUT2D eigenvalue weighted by molar-refractivity contribution is -0.133. The third kappa shape index (κ3) is 10.5. The summed E-state index contributed by atoms with van der Waals surface area (Å²) in [6, 6.07) is 7.05. The summed E-state index contributed by atoms with van der Waals surface area (Å²) < 4.78 is 5.98.